The fourth-order valence-corrected chi connectivity index (χ4v) is 6.33. The standard InChI is InChI=1S/C36H31NO3S/c1-27-11-19-35(20-12-27)41(38,39)37-23-21-32(31-15-13-30(14-16-31)28-7-3-2-4-8-28)22-24-40-36(26-37)34-18-17-29-9-5-6-10-33(29)25-34/h2-21,25-26H,22-24H2,1H3/b32-21+,36-26-. The summed E-state index contributed by atoms with van der Waals surface area (Å²) in [6.45, 7) is 2.55. The molecule has 5 aromatic rings. The first-order valence-corrected chi connectivity index (χ1v) is 15.2. The molecule has 1 aliphatic rings. The molecule has 5 heteroatoms. The van der Waals surface area contributed by atoms with Crippen molar-refractivity contribution in [1.29, 1.82) is 0 Å². The minimum Gasteiger partial charge on any atom is -0.491 e. The number of aryl methyl sites for hydroxylation is 1. The van der Waals surface area contributed by atoms with E-state index in [0.29, 0.717) is 18.8 Å². The zero-order valence-corrected chi connectivity index (χ0v) is 23.7. The number of hydrogen-bond donors (Lipinski definition) is 0. The Morgan fingerprint density at radius 1 is 0.659 bits per heavy atom. The molecule has 5 aromatic carbocycles. The van der Waals surface area contributed by atoms with Crippen LogP contribution in [0.4, 0.5) is 0 Å². The van der Waals surface area contributed by atoms with Gasteiger partial charge in [0.05, 0.1) is 24.2 Å². The molecule has 0 amide bonds. The smallest absolute Gasteiger partial charge is 0.264 e. The number of nitrogens with zero attached hydrogens (tertiary/aromatic N) is 1. The molecule has 41 heavy (non-hydrogen) atoms. The number of fused-ring (bicyclic) bond motifs is 1. The third-order valence-corrected chi connectivity index (χ3v) is 9.17. The van der Waals surface area contributed by atoms with Crippen molar-refractivity contribution in [2.75, 3.05) is 13.2 Å². The number of rotatable bonds is 5. The molecule has 1 aliphatic heterocycles. The van der Waals surface area contributed by atoms with E-state index in [4.69, 9.17) is 4.74 Å². The number of ether oxygens (including phenoxy) is 1. The maximum absolute atomic E-state index is 13.9. The van der Waals surface area contributed by atoms with E-state index < -0.39 is 10.0 Å². The molecule has 0 saturated heterocycles. The third kappa shape index (κ3) is 5.81. The summed E-state index contributed by atoms with van der Waals surface area (Å²) >= 11 is 0. The molecule has 0 radical (unpaired) electrons. The van der Waals surface area contributed by atoms with Crippen LogP contribution < -0.4 is 0 Å². The monoisotopic (exact) mass is 557 g/mol. The van der Waals surface area contributed by atoms with E-state index in [-0.39, 0.29) is 11.4 Å². The number of sulfonamides is 1. The van der Waals surface area contributed by atoms with Crippen LogP contribution in [0.3, 0.4) is 0 Å². The average Bonchev–Trinajstić information content (AvgIpc) is 3.13. The van der Waals surface area contributed by atoms with Crippen molar-refractivity contribution >= 4 is 32.1 Å². The van der Waals surface area contributed by atoms with Gasteiger partial charge in [0.15, 0.2) is 0 Å². The highest BCUT2D eigenvalue weighted by Gasteiger charge is 2.24. The van der Waals surface area contributed by atoms with Gasteiger partial charge in [-0.15, -0.1) is 0 Å². The van der Waals surface area contributed by atoms with Gasteiger partial charge in [-0.05, 0) is 58.2 Å². The van der Waals surface area contributed by atoms with Gasteiger partial charge in [0.1, 0.15) is 5.76 Å². The molecule has 0 fully saturated rings. The fraction of sp³-hybridized carbons (Fsp3) is 0.111. The molecular formula is C36H31NO3S. The zero-order chi connectivity index (χ0) is 28.2. The lowest BCUT2D eigenvalue weighted by Crippen LogP contribution is -2.27. The summed E-state index contributed by atoms with van der Waals surface area (Å²) in [5, 5.41) is 2.19. The molecule has 0 atom stereocenters. The predicted octanol–water partition coefficient (Wildman–Crippen LogP) is 8.31. The molecule has 204 valence electrons. The van der Waals surface area contributed by atoms with Gasteiger partial charge in [0.25, 0.3) is 10.0 Å². The molecular weight excluding hydrogens is 526 g/mol. The molecule has 6 rings (SSSR count). The Kier molecular flexibility index (Phi) is 7.45. The van der Waals surface area contributed by atoms with E-state index in [1.165, 1.54) is 4.31 Å². The second-order valence-electron chi connectivity index (χ2n) is 10.2. The second kappa shape index (κ2) is 11.5. The molecule has 0 N–H and O–H groups in total. The van der Waals surface area contributed by atoms with Crippen LogP contribution in [0.15, 0.2) is 138 Å². The SMILES string of the molecule is Cc1ccc(S(=O)(=O)N2/C=C(/c3ccc4ccccc4c3)OCC/C(c3ccc(-c4ccccc4)cc3)=C\C2)cc1. The summed E-state index contributed by atoms with van der Waals surface area (Å²) in [7, 11) is -3.83. The Morgan fingerprint density at radius 2 is 1.29 bits per heavy atom. The van der Waals surface area contributed by atoms with E-state index >= 15 is 0 Å². The maximum Gasteiger partial charge on any atom is 0.264 e. The molecule has 1 heterocycles. The van der Waals surface area contributed by atoms with Gasteiger partial charge >= 0.3 is 0 Å². The van der Waals surface area contributed by atoms with Crippen molar-refractivity contribution in [2.24, 2.45) is 0 Å². The summed E-state index contributed by atoms with van der Waals surface area (Å²) in [5.41, 5.74) is 6.23. The molecule has 0 saturated carbocycles. The molecule has 0 aromatic heterocycles. The topological polar surface area (TPSA) is 46.6 Å². The summed E-state index contributed by atoms with van der Waals surface area (Å²) in [6, 6.07) is 39.8. The number of hydrogen-bond acceptors (Lipinski definition) is 3. The molecule has 4 nitrogen and oxygen atoms in total. The van der Waals surface area contributed by atoms with Gasteiger partial charge in [-0.1, -0.05) is 115 Å². The average molecular weight is 558 g/mol. The maximum atomic E-state index is 13.9. The van der Waals surface area contributed by atoms with Crippen LogP contribution in [0.5, 0.6) is 0 Å². The van der Waals surface area contributed by atoms with Crippen LogP contribution in [-0.2, 0) is 14.8 Å². The van der Waals surface area contributed by atoms with Crippen LogP contribution in [0.2, 0.25) is 0 Å². The highest BCUT2D eigenvalue weighted by Crippen LogP contribution is 2.30. The Balaban J connectivity index is 1.37. The van der Waals surface area contributed by atoms with E-state index in [1.54, 1.807) is 18.3 Å². The molecule has 0 unspecified atom stereocenters. The van der Waals surface area contributed by atoms with Gasteiger partial charge in [-0.2, -0.15) is 0 Å². The van der Waals surface area contributed by atoms with Crippen molar-refractivity contribution in [2.45, 2.75) is 18.2 Å². The predicted molar refractivity (Wildman–Crippen MR) is 167 cm³/mol. The summed E-state index contributed by atoms with van der Waals surface area (Å²) in [6.07, 6.45) is 4.29. The van der Waals surface area contributed by atoms with Crippen molar-refractivity contribution in [3.63, 3.8) is 0 Å². The van der Waals surface area contributed by atoms with Crippen LogP contribution in [0.1, 0.15) is 23.1 Å². The van der Waals surface area contributed by atoms with Crippen molar-refractivity contribution in [1.82, 2.24) is 4.31 Å². The lowest BCUT2D eigenvalue weighted by atomic mass is 9.98. The zero-order valence-electron chi connectivity index (χ0n) is 22.9. The quantitative estimate of drug-likeness (QED) is 0.218. The highest BCUT2D eigenvalue weighted by atomic mass is 32.2. The van der Waals surface area contributed by atoms with Crippen molar-refractivity contribution in [3.8, 4) is 11.1 Å². The van der Waals surface area contributed by atoms with Gasteiger partial charge < -0.3 is 4.74 Å². The summed E-state index contributed by atoms with van der Waals surface area (Å²) in [4.78, 5) is 0.249. The Bertz CT molecular complexity index is 1840. The number of benzene rings is 5. The van der Waals surface area contributed by atoms with E-state index in [9.17, 15) is 8.42 Å². The van der Waals surface area contributed by atoms with Crippen LogP contribution in [0, 0.1) is 6.92 Å². The first-order chi connectivity index (χ1) is 20.0. The van der Waals surface area contributed by atoms with Crippen LogP contribution in [-0.4, -0.2) is 25.9 Å². The largest absolute Gasteiger partial charge is 0.491 e. The van der Waals surface area contributed by atoms with Crippen LogP contribution >= 0.6 is 0 Å². The Labute approximate surface area is 241 Å². The van der Waals surface area contributed by atoms with Gasteiger partial charge in [-0.25, -0.2) is 8.42 Å². The minimum atomic E-state index is -3.83. The van der Waals surface area contributed by atoms with Gasteiger partial charge in [-0.3, -0.25) is 4.31 Å². The Hall–Kier alpha value is -4.61. The summed E-state index contributed by atoms with van der Waals surface area (Å²) in [5.74, 6) is 0.528. The second-order valence-corrected chi connectivity index (χ2v) is 12.1. The lowest BCUT2D eigenvalue weighted by Gasteiger charge is -2.21. The lowest BCUT2D eigenvalue weighted by molar-refractivity contribution is 0.283. The van der Waals surface area contributed by atoms with Gasteiger partial charge in [0, 0.05) is 12.0 Å². The molecule has 0 spiro atoms. The third-order valence-electron chi connectivity index (χ3n) is 7.43. The minimum absolute atomic E-state index is 0.187. The summed E-state index contributed by atoms with van der Waals surface area (Å²) < 4.78 is 35.5. The van der Waals surface area contributed by atoms with E-state index in [2.05, 4.69) is 42.5 Å². The van der Waals surface area contributed by atoms with Gasteiger partial charge in [0.2, 0.25) is 0 Å². The normalized spacial score (nSPS) is 16.9. The first kappa shape index (κ1) is 26.6. The van der Waals surface area contributed by atoms with Crippen molar-refractivity contribution in [3.05, 3.63) is 150 Å². The van der Waals surface area contributed by atoms with E-state index in [1.807, 2.05) is 79.7 Å². The first-order valence-electron chi connectivity index (χ1n) is 13.7. The van der Waals surface area contributed by atoms with Crippen LogP contribution in [0.25, 0.3) is 33.2 Å². The molecule has 0 aliphatic carbocycles. The highest BCUT2D eigenvalue weighted by molar-refractivity contribution is 7.89. The molecule has 0 bridgehead atoms. The van der Waals surface area contributed by atoms with E-state index in [0.717, 1.165) is 44.2 Å². The van der Waals surface area contributed by atoms with Crippen molar-refractivity contribution < 1.29 is 13.2 Å². The Morgan fingerprint density at radius 3 is 2.05 bits per heavy atom. The fourth-order valence-electron chi connectivity index (χ4n) is 5.08.